The maximum absolute atomic E-state index is 13.3. The van der Waals surface area contributed by atoms with Crippen molar-refractivity contribution < 1.29 is 14.5 Å². The van der Waals surface area contributed by atoms with E-state index in [1.165, 1.54) is 22.9 Å². The van der Waals surface area contributed by atoms with Gasteiger partial charge in [-0.25, -0.2) is 4.98 Å². The Hall–Kier alpha value is -4.31. The van der Waals surface area contributed by atoms with Gasteiger partial charge in [-0.1, -0.05) is 66.4 Å². The summed E-state index contributed by atoms with van der Waals surface area (Å²) in [6, 6.07) is 22.1. The number of benzene rings is 3. The van der Waals surface area contributed by atoms with E-state index in [1.807, 2.05) is 49.4 Å². The van der Waals surface area contributed by atoms with Crippen LogP contribution in [0.5, 0.6) is 0 Å². The van der Waals surface area contributed by atoms with Crippen molar-refractivity contribution in [3.63, 3.8) is 0 Å². The predicted octanol–water partition coefficient (Wildman–Crippen LogP) is 4.58. The van der Waals surface area contributed by atoms with Crippen LogP contribution in [0.2, 0.25) is 0 Å². The molecule has 0 aliphatic heterocycles. The standard InChI is InChI=1S/C24H19N5O4S/c1-16-8-5-6-13-20(16)23(31)28-24(26-22(27-28)17-9-3-2-4-10-17)34-15-21(30)25-18-11-7-12-19(14-18)29(32)33/h2-14H,15H2,1H3,(H,25,30). The molecule has 0 bridgehead atoms. The van der Waals surface area contributed by atoms with E-state index >= 15 is 0 Å². The van der Waals surface area contributed by atoms with Gasteiger partial charge in [0.25, 0.3) is 11.6 Å². The number of anilines is 1. The highest BCUT2D eigenvalue weighted by Crippen LogP contribution is 2.24. The molecule has 1 aromatic heterocycles. The maximum atomic E-state index is 13.3. The largest absolute Gasteiger partial charge is 0.325 e. The molecule has 4 aromatic rings. The molecule has 34 heavy (non-hydrogen) atoms. The van der Waals surface area contributed by atoms with Crippen LogP contribution in [0.4, 0.5) is 11.4 Å². The zero-order chi connectivity index (χ0) is 24.1. The fraction of sp³-hybridized carbons (Fsp3) is 0.0833. The molecule has 0 aliphatic rings. The van der Waals surface area contributed by atoms with Crippen LogP contribution in [-0.2, 0) is 4.79 Å². The second kappa shape index (κ2) is 10.1. The number of thioether (sulfide) groups is 1. The molecular weight excluding hydrogens is 454 g/mol. The first-order valence-corrected chi connectivity index (χ1v) is 11.2. The van der Waals surface area contributed by atoms with E-state index in [2.05, 4.69) is 15.4 Å². The van der Waals surface area contributed by atoms with Gasteiger partial charge in [0.05, 0.1) is 10.7 Å². The van der Waals surface area contributed by atoms with E-state index in [9.17, 15) is 19.7 Å². The number of nitrogens with one attached hydrogen (secondary N) is 1. The molecule has 0 spiro atoms. The Labute approximate surface area is 199 Å². The molecule has 9 nitrogen and oxygen atoms in total. The third-order valence-electron chi connectivity index (χ3n) is 4.85. The summed E-state index contributed by atoms with van der Waals surface area (Å²) in [6.07, 6.45) is 0. The number of aromatic nitrogens is 3. The fourth-order valence-electron chi connectivity index (χ4n) is 3.18. The number of carbonyl (C=O) groups excluding carboxylic acids is 2. The van der Waals surface area contributed by atoms with Gasteiger partial charge in [-0.05, 0) is 24.6 Å². The Morgan fingerprint density at radius 1 is 1.03 bits per heavy atom. The number of hydrogen-bond acceptors (Lipinski definition) is 7. The molecule has 10 heteroatoms. The highest BCUT2D eigenvalue weighted by Gasteiger charge is 2.21. The fourth-order valence-corrected chi connectivity index (χ4v) is 3.91. The van der Waals surface area contributed by atoms with Crippen molar-refractivity contribution in [2.75, 3.05) is 11.1 Å². The normalized spacial score (nSPS) is 10.6. The first-order valence-electron chi connectivity index (χ1n) is 10.2. The molecular formula is C24H19N5O4S. The summed E-state index contributed by atoms with van der Waals surface area (Å²) >= 11 is 1.05. The number of hydrogen-bond donors (Lipinski definition) is 1. The molecule has 0 aliphatic carbocycles. The van der Waals surface area contributed by atoms with E-state index in [1.54, 1.807) is 18.2 Å². The minimum Gasteiger partial charge on any atom is -0.325 e. The van der Waals surface area contributed by atoms with Crippen molar-refractivity contribution in [1.29, 1.82) is 0 Å². The Balaban J connectivity index is 1.57. The van der Waals surface area contributed by atoms with E-state index in [4.69, 9.17) is 0 Å². The van der Waals surface area contributed by atoms with E-state index in [0.29, 0.717) is 17.1 Å². The quantitative estimate of drug-likeness (QED) is 0.237. The molecule has 0 saturated carbocycles. The van der Waals surface area contributed by atoms with Gasteiger partial charge in [0.1, 0.15) is 0 Å². The number of amides is 1. The van der Waals surface area contributed by atoms with Gasteiger partial charge in [-0.15, -0.1) is 5.10 Å². The lowest BCUT2D eigenvalue weighted by molar-refractivity contribution is -0.384. The molecule has 3 aromatic carbocycles. The highest BCUT2D eigenvalue weighted by molar-refractivity contribution is 7.99. The van der Waals surface area contributed by atoms with Gasteiger partial charge in [0, 0.05) is 28.9 Å². The summed E-state index contributed by atoms with van der Waals surface area (Å²) in [5, 5.41) is 18.3. The minimum atomic E-state index is -0.533. The second-order valence-corrected chi connectivity index (χ2v) is 8.20. The first kappa shape index (κ1) is 22.9. The van der Waals surface area contributed by atoms with E-state index < -0.39 is 10.8 Å². The topological polar surface area (TPSA) is 120 Å². The van der Waals surface area contributed by atoms with Gasteiger partial charge >= 0.3 is 0 Å². The molecule has 0 fully saturated rings. The van der Waals surface area contributed by atoms with Crippen molar-refractivity contribution >= 4 is 35.0 Å². The van der Waals surface area contributed by atoms with Crippen LogP contribution >= 0.6 is 11.8 Å². The minimum absolute atomic E-state index is 0.0728. The summed E-state index contributed by atoms with van der Waals surface area (Å²) < 4.78 is 1.20. The van der Waals surface area contributed by atoms with Crippen LogP contribution in [-0.4, -0.2) is 37.3 Å². The molecule has 0 atom stereocenters. The average Bonchev–Trinajstić information content (AvgIpc) is 3.28. The summed E-state index contributed by atoms with van der Waals surface area (Å²) in [6.45, 7) is 1.83. The summed E-state index contributed by atoms with van der Waals surface area (Å²) in [7, 11) is 0. The number of aryl methyl sites for hydroxylation is 1. The van der Waals surface area contributed by atoms with Gasteiger partial charge in [0.2, 0.25) is 5.91 Å². The Bertz CT molecular complexity index is 1370. The van der Waals surface area contributed by atoms with Crippen LogP contribution in [0.15, 0.2) is 84.0 Å². The van der Waals surface area contributed by atoms with E-state index in [0.717, 1.165) is 22.9 Å². The van der Waals surface area contributed by atoms with Crippen molar-refractivity contribution in [1.82, 2.24) is 14.8 Å². The molecule has 0 saturated heterocycles. The zero-order valence-corrected chi connectivity index (χ0v) is 18.9. The Morgan fingerprint density at radius 2 is 1.76 bits per heavy atom. The van der Waals surface area contributed by atoms with Crippen LogP contribution in [0.3, 0.4) is 0 Å². The number of carbonyl (C=O) groups is 2. The van der Waals surface area contributed by atoms with Crippen molar-refractivity contribution in [3.8, 4) is 11.4 Å². The summed E-state index contributed by atoms with van der Waals surface area (Å²) in [4.78, 5) is 40.7. The number of nitrogens with zero attached hydrogens (tertiary/aromatic N) is 4. The predicted molar refractivity (Wildman–Crippen MR) is 129 cm³/mol. The third-order valence-corrected chi connectivity index (χ3v) is 5.78. The monoisotopic (exact) mass is 473 g/mol. The maximum Gasteiger partial charge on any atom is 0.280 e. The van der Waals surface area contributed by atoms with Crippen molar-refractivity contribution in [2.24, 2.45) is 0 Å². The molecule has 1 amide bonds. The van der Waals surface area contributed by atoms with Crippen LogP contribution in [0.1, 0.15) is 15.9 Å². The Morgan fingerprint density at radius 3 is 2.50 bits per heavy atom. The number of rotatable bonds is 7. The third kappa shape index (κ3) is 5.18. The summed E-state index contributed by atoms with van der Waals surface area (Å²) in [5.41, 5.74) is 2.20. The second-order valence-electron chi connectivity index (χ2n) is 7.26. The van der Waals surface area contributed by atoms with Crippen LogP contribution < -0.4 is 5.32 Å². The number of nitro groups is 1. The Kier molecular flexibility index (Phi) is 6.79. The molecule has 1 N–H and O–H groups in total. The summed E-state index contributed by atoms with van der Waals surface area (Å²) in [5.74, 6) is -0.459. The lowest BCUT2D eigenvalue weighted by Gasteiger charge is -2.07. The van der Waals surface area contributed by atoms with Crippen molar-refractivity contribution in [2.45, 2.75) is 12.1 Å². The van der Waals surface area contributed by atoms with Gasteiger partial charge in [0.15, 0.2) is 11.0 Å². The van der Waals surface area contributed by atoms with Gasteiger partial charge in [-0.2, -0.15) is 4.68 Å². The molecule has 170 valence electrons. The number of non-ortho nitro benzene ring substituents is 1. The first-order chi connectivity index (χ1) is 16.4. The molecule has 0 radical (unpaired) electrons. The highest BCUT2D eigenvalue weighted by atomic mass is 32.2. The SMILES string of the molecule is Cc1ccccc1C(=O)n1nc(-c2ccccc2)nc1SCC(=O)Nc1cccc([N+](=O)[O-])c1. The lowest BCUT2D eigenvalue weighted by Crippen LogP contribution is -2.18. The lowest BCUT2D eigenvalue weighted by atomic mass is 10.1. The molecule has 0 unspecified atom stereocenters. The smallest absolute Gasteiger partial charge is 0.280 e. The van der Waals surface area contributed by atoms with Gasteiger partial charge < -0.3 is 5.32 Å². The van der Waals surface area contributed by atoms with Gasteiger partial charge in [-0.3, -0.25) is 19.7 Å². The van der Waals surface area contributed by atoms with E-state index in [-0.39, 0.29) is 22.5 Å². The van der Waals surface area contributed by atoms with Crippen LogP contribution in [0.25, 0.3) is 11.4 Å². The number of nitro benzene ring substituents is 1. The molecule has 4 rings (SSSR count). The average molecular weight is 474 g/mol. The van der Waals surface area contributed by atoms with Crippen molar-refractivity contribution in [3.05, 3.63) is 100 Å². The van der Waals surface area contributed by atoms with Crippen LogP contribution in [0, 0.1) is 17.0 Å². The zero-order valence-electron chi connectivity index (χ0n) is 18.0. The molecule has 1 heterocycles.